The lowest BCUT2D eigenvalue weighted by Crippen LogP contribution is -2.10. The monoisotopic (exact) mass is 128 g/mol. The van der Waals surface area contributed by atoms with Gasteiger partial charge >= 0.3 is 0 Å². The Morgan fingerprint density at radius 2 is 2.00 bits per heavy atom. The fraction of sp³-hybridized carbons (Fsp3) is 0.750. The molecule has 0 bridgehead atoms. The second-order valence-corrected chi connectivity index (χ2v) is 2.57. The highest BCUT2D eigenvalue weighted by atomic mass is 16.3. The summed E-state index contributed by atoms with van der Waals surface area (Å²) < 4.78 is 0. The average molecular weight is 128 g/mol. The first-order chi connectivity index (χ1) is 4.18. The van der Waals surface area contributed by atoms with Crippen molar-refractivity contribution in [2.45, 2.75) is 33.3 Å². The van der Waals surface area contributed by atoms with Crippen molar-refractivity contribution in [1.82, 2.24) is 0 Å². The van der Waals surface area contributed by atoms with Crippen LogP contribution < -0.4 is 0 Å². The Morgan fingerprint density at radius 1 is 1.44 bits per heavy atom. The van der Waals surface area contributed by atoms with Crippen molar-refractivity contribution in [1.29, 1.82) is 0 Å². The molecule has 0 rings (SSSR count). The van der Waals surface area contributed by atoms with Gasteiger partial charge in [-0.15, -0.1) is 0 Å². The first-order valence-corrected chi connectivity index (χ1v) is 3.53. The van der Waals surface area contributed by atoms with E-state index in [4.69, 9.17) is 0 Å². The van der Waals surface area contributed by atoms with Crippen LogP contribution in [0.25, 0.3) is 0 Å². The topological polar surface area (TPSA) is 20.2 Å². The second kappa shape index (κ2) is 4.57. The van der Waals surface area contributed by atoms with Crippen molar-refractivity contribution >= 4 is 0 Å². The third-order valence-corrected chi connectivity index (χ3v) is 1.25. The molecule has 0 aromatic rings. The maximum Gasteiger partial charge on any atom is 0.0743 e. The quantitative estimate of drug-likeness (QED) is 0.576. The van der Waals surface area contributed by atoms with E-state index in [-0.39, 0.29) is 6.10 Å². The summed E-state index contributed by atoms with van der Waals surface area (Å²) in [6, 6.07) is 0. The molecule has 0 saturated heterocycles. The predicted molar refractivity (Wildman–Crippen MR) is 40.3 cm³/mol. The highest BCUT2D eigenvalue weighted by Gasteiger charge is 2.01. The molecule has 0 saturated carbocycles. The van der Waals surface area contributed by atoms with Crippen LogP contribution >= 0.6 is 0 Å². The molecule has 1 N–H and O–H groups in total. The standard InChI is InChI=1S/C8H16O/c1-4-5-6-8(9)7(2)3/h5-9H,4H2,1-3H3/b6-5+/t8-/m1/s1. The molecule has 0 aromatic carbocycles. The zero-order valence-corrected chi connectivity index (χ0v) is 6.46. The summed E-state index contributed by atoms with van der Waals surface area (Å²) in [6.07, 6.45) is 4.59. The van der Waals surface area contributed by atoms with Crippen LogP contribution in [0.5, 0.6) is 0 Å². The Labute approximate surface area is 57.4 Å². The minimum absolute atomic E-state index is 0.259. The molecule has 0 fully saturated rings. The van der Waals surface area contributed by atoms with Crippen molar-refractivity contribution < 1.29 is 5.11 Å². The molecule has 1 heteroatoms. The van der Waals surface area contributed by atoms with Crippen LogP contribution in [0.4, 0.5) is 0 Å². The number of hydrogen-bond acceptors (Lipinski definition) is 1. The Hall–Kier alpha value is -0.300. The summed E-state index contributed by atoms with van der Waals surface area (Å²) in [5.41, 5.74) is 0. The lowest BCUT2D eigenvalue weighted by atomic mass is 10.1. The summed E-state index contributed by atoms with van der Waals surface area (Å²) >= 11 is 0. The molecular formula is C8H16O. The highest BCUT2D eigenvalue weighted by molar-refractivity contribution is 4.88. The molecule has 0 aliphatic heterocycles. The van der Waals surface area contributed by atoms with Crippen molar-refractivity contribution in [3.8, 4) is 0 Å². The van der Waals surface area contributed by atoms with Crippen LogP contribution in [0.15, 0.2) is 12.2 Å². The number of allylic oxidation sites excluding steroid dienone is 1. The largest absolute Gasteiger partial charge is 0.389 e. The van der Waals surface area contributed by atoms with Gasteiger partial charge in [0.1, 0.15) is 0 Å². The minimum atomic E-state index is -0.259. The average Bonchev–Trinajstić information content (AvgIpc) is 1.82. The number of hydrogen-bond donors (Lipinski definition) is 1. The van der Waals surface area contributed by atoms with E-state index in [1.54, 1.807) is 0 Å². The Balaban J connectivity index is 3.48. The van der Waals surface area contributed by atoms with E-state index in [0.717, 1.165) is 6.42 Å². The third kappa shape index (κ3) is 4.22. The van der Waals surface area contributed by atoms with Gasteiger partial charge < -0.3 is 5.11 Å². The molecule has 0 spiro atoms. The number of rotatable bonds is 3. The normalized spacial score (nSPS) is 15.2. The van der Waals surface area contributed by atoms with Crippen LogP contribution in [-0.2, 0) is 0 Å². The number of aliphatic hydroxyl groups excluding tert-OH is 1. The first kappa shape index (κ1) is 8.70. The van der Waals surface area contributed by atoms with Gasteiger partial charge in [-0.3, -0.25) is 0 Å². The fourth-order valence-corrected chi connectivity index (χ4v) is 0.498. The molecule has 1 atom stereocenters. The van der Waals surface area contributed by atoms with Crippen molar-refractivity contribution in [2.75, 3.05) is 0 Å². The van der Waals surface area contributed by atoms with E-state index in [2.05, 4.69) is 6.92 Å². The van der Waals surface area contributed by atoms with Crippen LogP contribution in [0, 0.1) is 5.92 Å². The van der Waals surface area contributed by atoms with Crippen LogP contribution in [0.1, 0.15) is 27.2 Å². The van der Waals surface area contributed by atoms with Gasteiger partial charge in [0.05, 0.1) is 6.10 Å². The summed E-state index contributed by atoms with van der Waals surface area (Å²) in [5.74, 6) is 0.341. The van der Waals surface area contributed by atoms with E-state index >= 15 is 0 Å². The molecular weight excluding hydrogens is 112 g/mol. The molecule has 0 amide bonds. The molecule has 1 nitrogen and oxygen atoms in total. The summed E-state index contributed by atoms with van der Waals surface area (Å²) in [6.45, 7) is 6.07. The predicted octanol–water partition coefficient (Wildman–Crippen LogP) is 1.97. The van der Waals surface area contributed by atoms with Gasteiger partial charge in [-0.05, 0) is 12.3 Å². The molecule has 0 aliphatic carbocycles. The Kier molecular flexibility index (Phi) is 4.41. The lowest BCUT2D eigenvalue weighted by molar-refractivity contribution is 0.172. The maximum absolute atomic E-state index is 9.17. The molecule has 0 unspecified atom stereocenters. The van der Waals surface area contributed by atoms with Gasteiger partial charge in [-0.1, -0.05) is 32.9 Å². The molecule has 0 aromatic heterocycles. The summed E-state index contributed by atoms with van der Waals surface area (Å²) in [4.78, 5) is 0. The fourth-order valence-electron chi connectivity index (χ4n) is 0.498. The van der Waals surface area contributed by atoms with Gasteiger partial charge in [0, 0.05) is 0 Å². The molecule has 0 aliphatic rings. The van der Waals surface area contributed by atoms with Gasteiger partial charge in [0.2, 0.25) is 0 Å². The molecule has 0 radical (unpaired) electrons. The van der Waals surface area contributed by atoms with Crippen LogP contribution in [-0.4, -0.2) is 11.2 Å². The zero-order valence-electron chi connectivity index (χ0n) is 6.46. The number of aliphatic hydroxyl groups is 1. The van der Waals surface area contributed by atoms with Gasteiger partial charge in [0.15, 0.2) is 0 Å². The van der Waals surface area contributed by atoms with Gasteiger partial charge in [-0.2, -0.15) is 0 Å². The second-order valence-electron chi connectivity index (χ2n) is 2.57. The summed E-state index contributed by atoms with van der Waals surface area (Å²) in [7, 11) is 0. The van der Waals surface area contributed by atoms with Crippen LogP contribution in [0.2, 0.25) is 0 Å². The lowest BCUT2D eigenvalue weighted by Gasteiger charge is -2.07. The van der Waals surface area contributed by atoms with Crippen molar-refractivity contribution in [3.63, 3.8) is 0 Å². The Morgan fingerprint density at radius 3 is 2.33 bits per heavy atom. The minimum Gasteiger partial charge on any atom is -0.389 e. The molecule has 54 valence electrons. The smallest absolute Gasteiger partial charge is 0.0743 e. The SMILES string of the molecule is CC/C=C/[C@@H](O)C(C)C. The van der Waals surface area contributed by atoms with Crippen molar-refractivity contribution in [3.05, 3.63) is 12.2 Å². The maximum atomic E-state index is 9.17. The molecule has 9 heavy (non-hydrogen) atoms. The van der Waals surface area contributed by atoms with E-state index in [9.17, 15) is 5.11 Å². The Bertz CT molecular complexity index is 84.6. The van der Waals surface area contributed by atoms with E-state index in [1.807, 2.05) is 26.0 Å². The van der Waals surface area contributed by atoms with Gasteiger partial charge in [-0.25, -0.2) is 0 Å². The zero-order chi connectivity index (χ0) is 7.28. The van der Waals surface area contributed by atoms with E-state index in [1.165, 1.54) is 0 Å². The van der Waals surface area contributed by atoms with Crippen molar-refractivity contribution in [2.24, 2.45) is 5.92 Å². The van der Waals surface area contributed by atoms with Crippen LogP contribution in [0.3, 0.4) is 0 Å². The van der Waals surface area contributed by atoms with E-state index < -0.39 is 0 Å². The van der Waals surface area contributed by atoms with E-state index in [0.29, 0.717) is 5.92 Å². The molecule has 0 heterocycles. The summed E-state index contributed by atoms with van der Waals surface area (Å²) in [5, 5.41) is 9.17. The first-order valence-electron chi connectivity index (χ1n) is 3.53. The third-order valence-electron chi connectivity index (χ3n) is 1.25. The van der Waals surface area contributed by atoms with Gasteiger partial charge in [0.25, 0.3) is 0 Å². The highest BCUT2D eigenvalue weighted by Crippen LogP contribution is 2.01.